The Bertz CT molecular complexity index is 422. The molecule has 0 radical (unpaired) electrons. The van der Waals surface area contributed by atoms with E-state index in [4.69, 9.17) is 5.73 Å². The van der Waals surface area contributed by atoms with E-state index in [9.17, 15) is 4.39 Å². The smallest absolute Gasteiger partial charge is 0.123 e. The molecule has 2 nitrogen and oxygen atoms in total. The average Bonchev–Trinajstić information content (AvgIpc) is 2.31. The Morgan fingerprint density at radius 3 is 2.68 bits per heavy atom. The van der Waals surface area contributed by atoms with Crippen molar-refractivity contribution in [2.75, 3.05) is 13.1 Å². The minimum Gasteiger partial charge on any atom is -0.327 e. The minimum absolute atomic E-state index is 0. The summed E-state index contributed by atoms with van der Waals surface area (Å²) in [6.45, 7) is 8.51. The Morgan fingerprint density at radius 1 is 1.42 bits per heavy atom. The first kappa shape index (κ1) is 16.4. The molecule has 0 aliphatic carbocycles. The Balaban J connectivity index is 0.00000180. The van der Waals surface area contributed by atoms with Crippen LogP contribution in [0.5, 0.6) is 0 Å². The van der Waals surface area contributed by atoms with Crippen LogP contribution in [0.15, 0.2) is 24.3 Å². The summed E-state index contributed by atoms with van der Waals surface area (Å²) in [4.78, 5) is 2.40. The summed E-state index contributed by atoms with van der Waals surface area (Å²) < 4.78 is 13.3. The summed E-state index contributed by atoms with van der Waals surface area (Å²) in [5.74, 6) is -0.160. The summed E-state index contributed by atoms with van der Waals surface area (Å²) in [5.41, 5.74) is 7.32. The van der Waals surface area contributed by atoms with E-state index in [1.807, 2.05) is 6.07 Å². The fourth-order valence-corrected chi connectivity index (χ4v) is 2.72. The number of likely N-dealkylation sites (tertiary alicyclic amines) is 1. The van der Waals surface area contributed by atoms with Gasteiger partial charge in [0.15, 0.2) is 0 Å². The van der Waals surface area contributed by atoms with Gasteiger partial charge in [-0.3, -0.25) is 4.90 Å². The third kappa shape index (κ3) is 3.68. The Labute approximate surface area is 121 Å². The molecule has 1 aromatic carbocycles. The lowest BCUT2D eigenvalue weighted by Crippen LogP contribution is -2.52. The molecule has 1 aromatic rings. The SMILES string of the molecule is CC(c1cccc(F)c1)N1CCC(N)C(C)(C)C1.Cl. The molecule has 1 fully saturated rings. The molecule has 0 bridgehead atoms. The zero-order chi connectivity index (χ0) is 13.3. The maximum Gasteiger partial charge on any atom is 0.123 e. The molecular weight excluding hydrogens is 263 g/mol. The summed E-state index contributed by atoms with van der Waals surface area (Å²) >= 11 is 0. The number of benzene rings is 1. The van der Waals surface area contributed by atoms with E-state index < -0.39 is 0 Å². The van der Waals surface area contributed by atoms with Crippen LogP contribution >= 0.6 is 12.4 Å². The molecule has 19 heavy (non-hydrogen) atoms. The number of hydrogen-bond donors (Lipinski definition) is 1. The van der Waals surface area contributed by atoms with Crippen molar-refractivity contribution in [1.82, 2.24) is 4.90 Å². The maximum atomic E-state index is 13.3. The molecule has 2 unspecified atom stereocenters. The molecule has 0 aromatic heterocycles. The number of hydrogen-bond acceptors (Lipinski definition) is 2. The number of nitrogens with two attached hydrogens (primary N) is 1. The first-order valence-electron chi connectivity index (χ1n) is 6.65. The summed E-state index contributed by atoms with van der Waals surface area (Å²) in [6, 6.07) is 7.40. The molecule has 108 valence electrons. The van der Waals surface area contributed by atoms with Gasteiger partial charge >= 0.3 is 0 Å². The Hall–Kier alpha value is -0.640. The van der Waals surface area contributed by atoms with Gasteiger partial charge in [0.1, 0.15) is 5.82 Å². The van der Waals surface area contributed by atoms with Gasteiger partial charge in [-0.05, 0) is 36.5 Å². The predicted octanol–water partition coefficient (Wildman–Crippen LogP) is 3.37. The molecule has 2 atom stereocenters. The van der Waals surface area contributed by atoms with Crippen molar-refractivity contribution in [3.05, 3.63) is 35.6 Å². The van der Waals surface area contributed by atoms with Crippen molar-refractivity contribution in [3.8, 4) is 0 Å². The van der Waals surface area contributed by atoms with Crippen LogP contribution in [-0.2, 0) is 0 Å². The average molecular weight is 287 g/mol. The molecule has 4 heteroatoms. The quantitative estimate of drug-likeness (QED) is 0.903. The van der Waals surface area contributed by atoms with Gasteiger partial charge in [-0.2, -0.15) is 0 Å². The predicted molar refractivity (Wildman–Crippen MR) is 80.0 cm³/mol. The third-order valence-electron chi connectivity index (χ3n) is 4.22. The van der Waals surface area contributed by atoms with E-state index >= 15 is 0 Å². The van der Waals surface area contributed by atoms with E-state index in [1.54, 1.807) is 12.1 Å². The van der Waals surface area contributed by atoms with Gasteiger partial charge in [0.25, 0.3) is 0 Å². The topological polar surface area (TPSA) is 29.3 Å². The highest BCUT2D eigenvalue weighted by atomic mass is 35.5. The molecule has 1 aliphatic rings. The van der Waals surface area contributed by atoms with Crippen LogP contribution in [0.25, 0.3) is 0 Å². The normalized spacial score (nSPS) is 24.6. The summed E-state index contributed by atoms with van der Waals surface area (Å²) in [7, 11) is 0. The molecule has 0 spiro atoms. The van der Waals surface area contributed by atoms with E-state index in [1.165, 1.54) is 6.07 Å². The lowest BCUT2D eigenvalue weighted by atomic mass is 9.79. The van der Waals surface area contributed by atoms with Crippen molar-refractivity contribution < 1.29 is 4.39 Å². The molecule has 0 amide bonds. The van der Waals surface area contributed by atoms with Gasteiger partial charge in [0.05, 0.1) is 0 Å². The van der Waals surface area contributed by atoms with Crippen molar-refractivity contribution in [3.63, 3.8) is 0 Å². The van der Waals surface area contributed by atoms with Crippen LogP contribution < -0.4 is 5.73 Å². The van der Waals surface area contributed by atoms with Crippen molar-refractivity contribution in [1.29, 1.82) is 0 Å². The fraction of sp³-hybridized carbons (Fsp3) is 0.600. The molecule has 2 N–H and O–H groups in total. The number of halogens is 2. The Morgan fingerprint density at radius 2 is 2.11 bits per heavy atom. The molecule has 1 saturated heterocycles. The highest BCUT2D eigenvalue weighted by molar-refractivity contribution is 5.85. The van der Waals surface area contributed by atoms with Crippen molar-refractivity contribution >= 4 is 12.4 Å². The van der Waals surface area contributed by atoms with E-state index in [0.29, 0.717) is 0 Å². The zero-order valence-electron chi connectivity index (χ0n) is 11.9. The van der Waals surface area contributed by atoms with Gasteiger partial charge in [-0.15, -0.1) is 12.4 Å². The lowest BCUT2D eigenvalue weighted by molar-refractivity contribution is 0.0663. The molecule has 0 saturated carbocycles. The number of piperidine rings is 1. The highest BCUT2D eigenvalue weighted by Crippen LogP contribution is 2.32. The highest BCUT2D eigenvalue weighted by Gasteiger charge is 2.35. The maximum absolute atomic E-state index is 13.3. The second-order valence-corrected chi connectivity index (χ2v) is 6.09. The van der Waals surface area contributed by atoms with E-state index in [-0.39, 0.29) is 35.7 Å². The van der Waals surface area contributed by atoms with Gasteiger partial charge in [0.2, 0.25) is 0 Å². The fourth-order valence-electron chi connectivity index (χ4n) is 2.72. The van der Waals surface area contributed by atoms with Crippen molar-refractivity contribution in [2.24, 2.45) is 11.1 Å². The number of rotatable bonds is 2. The van der Waals surface area contributed by atoms with Crippen LogP contribution in [0.1, 0.15) is 38.8 Å². The minimum atomic E-state index is -0.160. The molecule has 2 rings (SSSR count). The van der Waals surface area contributed by atoms with Crippen LogP contribution in [-0.4, -0.2) is 24.0 Å². The largest absolute Gasteiger partial charge is 0.327 e. The van der Waals surface area contributed by atoms with E-state index in [2.05, 4.69) is 25.7 Å². The lowest BCUT2D eigenvalue weighted by Gasteiger charge is -2.45. The van der Waals surface area contributed by atoms with Crippen molar-refractivity contribution in [2.45, 2.75) is 39.3 Å². The van der Waals surface area contributed by atoms with Gasteiger partial charge in [-0.25, -0.2) is 4.39 Å². The monoisotopic (exact) mass is 286 g/mol. The first-order valence-corrected chi connectivity index (χ1v) is 6.65. The summed E-state index contributed by atoms with van der Waals surface area (Å²) in [6.07, 6.45) is 1.01. The standard InChI is InChI=1S/C15H23FN2.ClH/c1-11(12-5-4-6-13(16)9-12)18-8-7-14(17)15(2,3)10-18;/h4-6,9,11,14H,7-8,10,17H2,1-3H3;1H. The second-order valence-electron chi connectivity index (χ2n) is 6.09. The van der Waals surface area contributed by atoms with Gasteiger partial charge in [-0.1, -0.05) is 26.0 Å². The Kier molecular flexibility index (Phi) is 5.36. The van der Waals surface area contributed by atoms with Crippen LogP contribution in [0.2, 0.25) is 0 Å². The van der Waals surface area contributed by atoms with Crippen LogP contribution in [0.3, 0.4) is 0 Å². The van der Waals surface area contributed by atoms with Crippen LogP contribution in [0.4, 0.5) is 4.39 Å². The van der Waals surface area contributed by atoms with E-state index in [0.717, 1.165) is 25.1 Å². The number of nitrogens with zero attached hydrogens (tertiary/aromatic N) is 1. The van der Waals surface area contributed by atoms with Crippen LogP contribution in [0, 0.1) is 11.2 Å². The third-order valence-corrected chi connectivity index (χ3v) is 4.22. The molecule has 1 aliphatic heterocycles. The second kappa shape index (κ2) is 6.21. The molecule has 1 heterocycles. The first-order chi connectivity index (χ1) is 8.40. The van der Waals surface area contributed by atoms with Gasteiger partial charge in [0, 0.05) is 25.2 Å². The summed E-state index contributed by atoms with van der Waals surface area (Å²) in [5, 5.41) is 0. The zero-order valence-corrected chi connectivity index (χ0v) is 12.7. The molecular formula is C15H24ClFN2. The van der Waals surface area contributed by atoms with Gasteiger partial charge < -0.3 is 5.73 Å².